The highest BCUT2D eigenvalue weighted by molar-refractivity contribution is 5.33. The zero-order valence-corrected chi connectivity index (χ0v) is 13.1. The van der Waals surface area contributed by atoms with E-state index in [1.807, 2.05) is 6.92 Å². The van der Waals surface area contributed by atoms with Gasteiger partial charge in [0, 0.05) is 12.2 Å². The zero-order chi connectivity index (χ0) is 15.5. The summed E-state index contributed by atoms with van der Waals surface area (Å²) in [5.74, 6) is 0.286. The normalized spacial score (nSPS) is 27.4. The van der Waals surface area contributed by atoms with Crippen LogP contribution >= 0.6 is 0 Å². The third-order valence-corrected chi connectivity index (χ3v) is 4.56. The van der Waals surface area contributed by atoms with Crippen LogP contribution in [0.5, 0.6) is 5.75 Å². The molecule has 2 rings (SSSR count). The summed E-state index contributed by atoms with van der Waals surface area (Å²) < 4.78 is 25.3. The Morgan fingerprint density at radius 2 is 2.05 bits per heavy atom. The lowest BCUT2D eigenvalue weighted by Gasteiger charge is -2.42. The molecule has 1 aliphatic rings. The molecule has 1 atom stereocenters. The maximum absolute atomic E-state index is 14.4. The fourth-order valence-corrected chi connectivity index (χ4v) is 3.21. The van der Waals surface area contributed by atoms with Crippen molar-refractivity contribution in [1.29, 1.82) is 0 Å². The lowest BCUT2D eigenvalue weighted by Crippen LogP contribution is -2.43. The Balaban J connectivity index is 2.32. The van der Waals surface area contributed by atoms with Crippen molar-refractivity contribution in [3.8, 4) is 5.75 Å². The van der Waals surface area contributed by atoms with Crippen LogP contribution in [0, 0.1) is 11.7 Å². The number of aliphatic hydroxyl groups excluding tert-OH is 1. The van der Waals surface area contributed by atoms with E-state index in [0.717, 1.165) is 25.7 Å². The minimum absolute atomic E-state index is 0.155. The Kier molecular flexibility index (Phi) is 5.22. The monoisotopic (exact) mass is 296 g/mol. The van der Waals surface area contributed by atoms with E-state index in [-0.39, 0.29) is 11.3 Å². The van der Waals surface area contributed by atoms with Gasteiger partial charge < -0.3 is 14.6 Å². The minimum atomic E-state index is -0.972. The van der Waals surface area contributed by atoms with Crippen LogP contribution in [-0.2, 0) is 4.74 Å². The van der Waals surface area contributed by atoms with E-state index in [0.29, 0.717) is 12.5 Å². The van der Waals surface area contributed by atoms with Gasteiger partial charge in [-0.1, -0.05) is 19.1 Å². The molecular weight excluding hydrogens is 271 g/mol. The van der Waals surface area contributed by atoms with E-state index in [1.165, 1.54) is 7.11 Å². The van der Waals surface area contributed by atoms with Crippen LogP contribution in [0.4, 0.5) is 4.39 Å². The quantitative estimate of drug-likeness (QED) is 0.897. The molecule has 3 nitrogen and oxygen atoms in total. The number of halogens is 1. The predicted molar refractivity (Wildman–Crippen MR) is 79.9 cm³/mol. The molecule has 1 saturated carbocycles. The fourth-order valence-electron chi connectivity index (χ4n) is 3.21. The highest BCUT2D eigenvalue weighted by Crippen LogP contribution is 2.44. The highest BCUT2D eigenvalue weighted by atomic mass is 19.1. The lowest BCUT2D eigenvalue weighted by molar-refractivity contribution is -0.147. The molecule has 1 aliphatic carbocycles. The van der Waals surface area contributed by atoms with Crippen molar-refractivity contribution in [2.24, 2.45) is 5.92 Å². The smallest absolute Gasteiger partial charge is 0.170 e. The van der Waals surface area contributed by atoms with Crippen LogP contribution in [0.1, 0.15) is 51.2 Å². The van der Waals surface area contributed by atoms with Gasteiger partial charge in [0.1, 0.15) is 6.10 Å². The largest absolute Gasteiger partial charge is 0.494 e. The minimum Gasteiger partial charge on any atom is -0.494 e. The number of ether oxygens (including phenoxy) is 2. The van der Waals surface area contributed by atoms with Crippen molar-refractivity contribution < 1.29 is 19.0 Å². The third kappa shape index (κ3) is 3.22. The van der Waals surface area contributed by atoms with Crippen LogP contribution in [0.25, 0.3) is 0 Å². The summed E-state index contributed by atoms with van der Waals surface area (Å²) in [6, 6.07) is 4.87. The number of methoxy groups -OCH3 is 1. The van der Waals surface area contributed by atoms with E-state index >= 15 is 0 Å². The molecule has 0 heterocycles. The van der Waals surface area contributed by atoms with E-state index < -0.39 is 17.5 Å². The topological polar surface area (TPSA) is 38.7 Å². The first-order valence-electron chi connectivity index (χ1n) is 7.68. The van der Waals surface area contributed by atoms with Gasteiger partial charge in [0.15, 0.2) is 11.6 Å². The van der Waals surface area contributed by atoms with Crippen LogP contribution in [0.3, 0.4) is 0 Å². The zero-order valence-electron chi connectivity index (χ0n) is 13.1. The molecule has 1 N–H and O–H groups in total. The first kappa shape index (κ1) is 16.2. The van der Waals surface area contributed by atoms with Gasteiger partial charge in [-0.15, -0.1) is 0 Å². The van der Waals surface area contributed by atoms with Gasteiger partial charge in [0.05, 0.1) is 12.7 Å². The molecule has 0 bridgehead atoms. The van der Waals surface area contributed by atoms with Gasteiger partial charge in [-0.3, -0.25) is 0 Å². The summed E-state index contributed by atoms with van der Waals surface area (Å²) in [7, 11) is 1.43. The molecule has 1 aromatic rings. The number of hydrogen-bond donors (Lipinski definition) is 1. The number of rotatable bonds is 5. The summed E-state index contributed by atoms with van der Waals surface area (Å²) >= 11 is 0. The maximum Gasteiger partial charge on any atom is 0.170 e. The summed E-state index contributed by atoms with van der Waals surface area (Å²) in [6.07, 6.45) is 2.50. The molecule has 0 aliphatic heterocycles. The Morgan fingerprint density at radius 3 is 2.62 bits per heavy atom. The van der Waals surface area contributed by atoms with Gasteiger partial charge >= 0.3 is 0 Å². The van der Waals surface area contributed by atoms with Crippen LogP contribution in [0.2, 0.25) is 0 Å². The van der Waals surface area contributed by atoms with Crippen LogP contribution < -0.4 is 4.74 Å². The second kappa shape index (κ2) is 6.75. The molecule has 0 aromatic heterocycles. The van der Waals surface area contributed by atoms with Gasteiger partial charge in [0.2, 0.25) is 0 Å². The van der Waals surface area contributed by atoms with Gasteiger partial charge in [-0.05, 0) is 44.6 Å². The van der Waals surface area contributed by atoms with Gasteiger partial charge in [-0.25, -0.2) is 4.39 Å². The predicted octanol–water partition coefficient (Wildman–Crippen LogP) is 3.85. The summed E-state index contributed by atoms with van der Waals surface area (Å²) in [5, 5.41) is 10.8. The van der Waals surface area contributed by atoms with E-state index in [1.54, 1.807) is 18.2 Å². The van der Waals surface area contributed by atoms with Crippen molar-refractivity contribution in [3.05, 3.63) is 29.6 Å². The number of aliphatic hydroxyl groups is 1. The average molecular weight is 296 g/mol. The standard InChI is InChI=1S/C17H25FO3/c1-4-21-17(10-8-12(2)9-11-17)16(19)13-6-5-7-14(20-3)15(13)18/h5-7,12,16,19H,4,8-11H2,1-3H3. The van der Waals surface area contributed by atoms with E-state index in [4.69, 9.17) is 9.47 Å². The highest BCUT2D eigenvalue weighted by Gasteiger charge is 2.43. The molecule has 1 aromatic carbocycles. The average Bonchev–Trinajstić information content (AvgIpc) is 2.49. The molecule has 1 unspecified atom stereocenters. The van der Waals surface area contributed by atoms with Crippen molar-refractivity contribution in [2.75, 3.05) is 13.7 Å². The SMILES string of the molecule is CCOC1(C(O)c2cccc(OC)c2F)CCC(C)CC1. The van der Waals surface area contributed by atoms with Crippen molar-refractivity contribution in [2.45, 2.75) is 51.2 Å². The molecule has 4 heteroatoms. The van der Waals surface area contributed by atoms with Crippen LogP contribution in [-0.4, -0.2) is 24.4 Å². The number of benzene rings is 1. The summed E-state index contributed by atoms with van der Waals surface area (Å²) in [4.78, 5) is 0. The van der Waals surface area contributed by atoms with Crippen molar-refractivity contribution in [3.63, 3.8) is 0 Å². The molecule has 21 heavy (non-hydrogen) atoms. The molecule has 0 saturated heterocycles. The van der Waals surface area contributed by atoms with Crippen LogP contribution in [0.15, 0.2) is 18.2 Å². The van der Waals surface area contributed by atoms with Gasteiger partial charge in [0.25, 0.3) is 0 Å². The molecule has 1 fully saturated rings. The van der Waals surface area contributed by atoms with Gasteiger partial charge in [-0.2, -0.15) is 0 Å². The Morgan fingerprint density at radius 1 is 1.38 bits per heavy atom. The Bertz CT molecular complexity index is 467. The molecule has 118 valence electrons. The second-order valence-corrected chi connectivity index (χ2v) is 5.95. The third-order valence-electron chi connectivity index (χ3n) is 4.56. The first-order valence-corrected chi connectivity index (χ1v) is 7.68. The van der Waals surface area contributed by atoms with E-state index in [2.05, 4.69) is 6.92 Å². The summed E-state index contributed by atoms with van der Waals surface area (Å²) in [6.45, 7) is 4.62. The second-order valence-electron chi connectivity index (χ2n) is 5.95. The lowest BCUT2D eigenvalue weighted by atomic mass is 9.74. The first-order chi connectivity index (χ1) is 10.0. The molecule has 0 amide bonds. The molecule has 0 radical (unpaired) electrons. The van der Waals surface area contributed by atoms with Crippen molar-refractivity contribution >= 4 is 0 Å². The van der Waals surface area contributed by atoms with E-state index in [9.17, 15) is 9.50 Å². The van der Waals surface area contributed by atoms with Crippen molar-refractivity contribution in [1.82, 2.24) is 0 Å². The Hall–Kier alpha value is -1.13. The fraction of sp³-hybridized carbons (Fsp3) is 0.647. The molecular formula is C17H25FO3. The number of hydrogen-bond acceptors (Lipinski definition) is 3. The summed E-state index contributed by atoms with van der Waals surface area (Å²) in [5.41, 5.74) is -0.425. The maximum atomic E-state index is 14.4. The Labute approximate surface area is 126 Å². The molecule has 0 spiro atoms.